The largest absolute Gasteiger partial charge is 0.274 e. The first-order chi connectivity index (χ1) is 16.0. The van der Waals surface area contributed by atoms with Crippen LogP contribution in [-0.2, 0) is 0 Å². The van der Waals surface area contributed by atoms with Gasteiger partial charge in [-0.05, 0) is 90.6 Å². The Bertz CT molecular complexity index is 1230. The number of rotatable bonds is 3. The maximum absolute atomic E-state index is 13.6. The molecule has 0 aromatic heterocycles. The molecule has 1 fully saturated rings. The van der Waals surface area contributed by atoms with Crippen LogP contribution in [0.15, 0.2) is 92.4 Å². The minimum absolute atomic E-state index is 0.107. The second-order valence-electron chi connectivity index (χ2n) is 8.36. The van der Waals surface area contributed by atoms with Crippen LogP contribution in [0.1, 0.15) is 46.8 Å². The summed E-state index contributed by atoms with van der Waals surface area (Å²) >= 11 is 13.1. The number of fused-ring (bicyclic) bond motifs is 1. The van der Waals surface area contributed by atoms with Gasteiger partial charge in [-0.3, -0.25) is 4.79 Å². The highest BCUT2D eigenvalue weighted by Crippen LogP contribution is 2.45. The molecule has 0 saturated heterocycles. The van der Waals surface area contributed by atoms with E-state index in [2.05, 4.69) is 62.2 Å². The number of carbonyl (C=O) groups excluding carboxylic acids is 1. The first-order valence-electron chi connectivity index (χ1n) is 10.9. The van der Waals surface area contributed by atoms with Gasteiger partial charge in [0.1, 0.15) is 0 Å². The van der Waals surface area contributed by atoms with Crippen molar-refractivity contribution in [2.24, 2.45) is 11.0 Å². The van der Waals surface area contributed by atoms with E-state index in [0.717, 1.165) is 45.0 Å². The van der Waals surface area contributed by atoms with Crippen molar-refractivity contribution in [3.63, 3.8) is 0 Å². The molecule has 0 unspecified atom stereocenters. The molecule has 3 aromatic rings. The summed E-state index contributed by atoms with van der Waals surface area (Å²) in [5, 5.41) is 7.26. The van der Waals surface area contributed by atoms with Gasteiger partial charge in [-0.2, -0.15) is 5.10 Å². The van der Waals surface area contributed by atoms with Crippen LogP contribution in [0.2, 0.25) is 5.02 Å². The van der Waals surface area contributed by atoms with E-state index in [1.165, 1.54) is 5.57 Å². The van der Waals surface area contributed by atoms with Gasteiger partial charge in [0, 0.05) is 25.4 Å². The number of hydrazone groups is 1. The first-order valence-corrected chi connectivity index (χ1v) is 12.9. The predicted octanol–water partition coefficient (Wildman–Crippen LogP) is 8.30. The van der Waals surface area contributed by atoms with Crippen molar-refractivity contribution in [2.75, 3.05) is 0 Å². The summed E-state index contributed by atoms with van der Waals surface area (Å²) < 4.78 is 2.07. The number of hydrogen-bond acceptors (Lipinski definition) is 2. The smallest absolute Gasteiger partial charge is 0.267 e. The van der Waals surface area contributed by atoms with Crippen LogP contribution >= 0.6 is 43.5 Å². The lowest BCUT2D eigenvalue weighted by molar-refractivity contribution is 0.0681. The summed E-state index contributed by atoms with van der Waals surface area (Å²) in [6.45, 7) is 0. The van der Waals surface area contributed by atoms with Crippen LogP contribution in [0.5, 0.6) is 0 Å². The SMILES string of the molecule is O=C(c1ccc(Cl)cc1)N1N=C2/C(=C/c3ccc(Br)cc3)CCC[C@@H]2[C@H]1c1ccc(Br)cc1. The van der Waals surface area contributed by atoms with E-state index in [1.807, 2.05) is 24.3 Å². The number of nitrogens with zero attached hydrogens (tertiary/aromatic N) is 2. The molecule has 3 aromatic carbocycles. The van der Waals surface area contributed by atoms with Gasteiger partial charge in [0.05, 0.1) is 11.8 Å². The van der Waals surface area contributed by atoms with Gasteiger partial charge in [0.15, 0.2) is 0 Å². The Morgan fingerprint density at radius 2 is 1.58 bits per heavy atom. The Balaban J connectivity index is 1.57. The maximum Gasteiger partial charge on any atom is 0.274 e. The third-order valence-corrected chi connectivity index (χ3v) is 7.53. The molecule has 33 heavy (non-hydrogen) atoms. The molecule has 3 nitrogen and oxygen atoms in total. The second-order valence-corrected chi connectivity index (χ2v) is 10.6. The predicted molar refractivity (Wildman–Crippen MR) is 141 cm³/mol. The molecule has 0 radical (unpaired) electrons. The van der Waals surface area contributed by atoms with Crippen LogP contribution in [-0.4, -0.2) is 16.6 Å². The van der Waals surface area contributed by atoms with Gasteiger partial charge in [-0.15, -0.1) is 0 Å². The van der Waals surface area contributed by atoms with Crippen molar-refractivity contribution in [3.05, 3.63) is 109 Å². The summed E-state index contributed by atoms with van der Waals surface area (Å²) in [5.41, 5.74) is 5.05. The van der Waals surface area contributed by atoms with Crippen molar-refractivity contribution < 1.29 is 4.79 Å². The zero-order valence-electron chi connectivity index (χ0n) is 17.7. The lowest BCUT2D eigenvalue weighted by Gasteiger charge is -2.29. The Morgan fingerprint density at radius 3 is 2.24 bits per heavy atom. The van der Waals surface area contributed by atoms with Crippen LogP contribution < -0.4 is 0 Å². The highest BCUT2D eigenvalue weighted by atomic mass is 79.9. The topological polar surface area (TPSA) is 32.7 Å². The molecule has 1 amide bonds. The molecular formula is C27H21Br2ClN2O. The Labute approximate surface area is 215 Å². The molecule has 2 aliphatic rings. The van der Waals surface area contributed by atoms with Gasteiger partial charge in [0.25, 0.3) is 5.91 Å². The molecule has 0 spiro atoms. The number of hydrogen-bond donors (Lipinski definition) is 0. The third-order valence-electron chi connectivity index (χ3n) is 6.22. The highest BCUT2D eigenvalue weighted by molar-refractivity contribution is 9.10. The number of carbonyl (C=O) groups is 1. The zero-order chi connectivity index (χ0) is 22.9. The normalized spacial score (nSPS) is 21.1. The van der Waals surface area contributed by atoms with E-state index < -0.39 is 0 Å². The maximum atomic E-state index is 13.6. The fraction of sp³-hybridized carbons (Fsp3) is 0.185. The van der Waals surface area contributed by atoms with Gasteiger partial charge in [-0.1, -0.05) is 67.7 Å². The minimum Gasteiger partial charge on any atom is -0.267 e. The van der Waals surface area contributed by atoms with Crippen molar-refractivity contribution in [2.45, 2.75) is 25.3 Å². The molecule has 166 valence electrons. The molecule has 6 heteroatoms. The van der Waals surface area contributed by atoms with Gasteiger partial charge >= 0.3 is 0 Å². The van der Waals surface area contributed by atoms with Crippen molar-refractivity contribution >= 4 is 61.2 Å². The van der Waals surface area contributed by atoms with E-state index in [0.29, 0.717) is 10.6 Å². The minimum atomic E-state index is -0.134. The average molecular weight is 585 g/mol. The van der Waals surface area contributed by atoms with E-state index in [9.17, 15) is 4.79 Å². The molecule has 1 saturated carbocycles. The molecule has 1 heterocycles. The van der Waals surface area contributed by atoms with Gasteiger partial charge < -0.3 is 0 Å². The molecule has 2 atom stereocenters. The summed E-state index contributed by atoms with van der Waals surface area (Å²) in [5.74, 6) is 0.0577. The first kappa shape index (κ1) is 22.6. The molecular weight excluding hydrogens is 564 g/mol. The molecule has 1 aliphatic heterocycles. The van der Waals surface area contributed by atoms with Crippen molar-refractivity contribution in [3.8, 4) is 0 Å². The van der Waals surface area contributed by atoms with E-state index >= 15 is 0 Å². The van der Waals surface area contributed by atoms with Crippen molar-refractivity contribution in [1.29, 1.82) is 0 Å². The monoisotopic (exact) mass is 582 g/mol. The average Bonchev–Trinajstić information content (AvgIpc) is 3.22. The Hall–Kier alpha value is -2.21. The van der Waals surface area contributed by atoms with Crippen LogP contribution in [0, 0.1) is 5.92 Å². The highest BCUT2D eigenvalue weighted by Gasteiger charge is 2.43. The number of allylic oxidation sites excluding steroid dienone is 1. The summed E-state index contributed by atoms with van der Waals surface area (Å²) in [6.07, 6.45) is 5.25. The summed E-state index contributed by atoms with van der Waals surface area (Å²) in [6, 6.07) is 23.4. The van der Waals surface area contributed by atoms with Crippen molar-refractivity contribution in [1.82, 2.24) is 5.01 Å². The molecule has 0 N–H and O–H groups in total. The lowest BCUT2D eigenvalue weighted by Crippen LogP contribution is -2.31. The fourth-order valence-electron chi connectivity index (χ4n) is 4.65. The summed E-state index contributed by atoms with van der Waals surface area (Å²) in [4.78, 5) is 13.6. The van der Waals surface area contributed by atoms with Gasteiger partial charge in [0.2, 0.25) is 0 Å². The van der Waals surface area contributed by atoms with Crippen LogP contribution in [0.4, 0.5) is 0 Å². The quantitative estimate of drug-likeness (QED) is 0.305. The van der Waals surface area contributed by atoms with Crippen LogP contribution in [0.25, 0.3) is 6.08 Å². The van der Waals surface area contributed by atoms with E-state index in [4.69, 9.17) is 16.7 Å². The zero-order valence-corrected chi connectivity index (χ0v) is 21.6. The standard InChI is InChI=1S/C27H21Br2ClN2O/c28-21-10-4-17(5-11-21)16-20-2-1-3-24-25(20)31-32(26(24)18-6-12-22(29)13-7-18)27(33)19-8-14-23(30)15-9-19/h4-16,24,26H,1-3H2/b20-16+/t24-,26+/m0/s1. The number of amides is 1. The van der Waals surface area contributed by atoms with E-state index in [-0.39, 0.29) is 17.9 Å². The Morgan fingerprint density at radius 1 is 0.939 bits per heavy atom. The van der Waals surface area contributed by atoms with Crippen LogP contribution in [0.3, 0.4) is 0 Å². The summed E-state index contributed by atoms with van der Waals surface area (Å²) in [7, 11) is 0. The molecule has 1 aliphatic carbocycles. The second kappa shape index (κ2) is 9.57. The van der Waals surface area contributed by atoms with Gasteiger partial charge in [-0.25, -0.2) is 5.01 Å². The fourth-order valence-corrected chi connectivity index (χ4v) is 5.30. The molecule has 0 bridgehead atoms. The third kappa shape index (κ3) is 4.72. The van der Waals surface area contributed by atoms with E-state index in [1.54, 1.807) is 29.3 Å². The number of halogens is 3. The molecule has 5 rings (SSSR count). The lowest BCUT2D eigenvalue weighted by atomic mass is 9.77. The Kier molecular flexibility index (Phi) is 6.55. The number of benzene rings is 3.